The molecule has 0 bridgehead atoms. The van der Waals surface area contributed by atoms with Crippen LogP contribution < -0.4 is 14.8 Å². The smallest absolute Gasteiger partial charge is 0.294 e. The molecule has 1 N–H and O–H groups in total. The second kappa shape index (κ2) is 6.78. The Kier molecular flexibility index (Phi) is 4.55. The third-order valence-electron chi connectivity index (χ3n) is 4.19. The molecular weight excluding hydrogens is 308 g/mol. The third kappa shape index (κ3) is 3.13. The molecule has 1 aliphatic heterocycles. The van der Waals surface area contributed by atoms with Crippen LogP contribution in [0.3, 0.4) is 0 Å². The number of hydrogen-bond acceptors (Lipinski definition) is 4. The van der Waals surface area contributed by atoms with Gasteiger partial charge in [0.05, 0.1) is 19.4 Å². The molecule has 2 aromatic rings. The van der Waals surface area contributed by atoms with Gasteiger partial charge in [-0.1, -0.05) is 12.1 Å². The van der Waals surface area contributed by atoms with Crippen LogP contribution in [0, 0.1) is 5.92 Å². The van der Waals surface area contributed by atoms with Crippen LogP contribution >= 0.6 is 0 Å². The van der Waals surface area contributed by atoms with E-state index in [1.807, 2.05) is 18.2 Å². The summed E-state index contributed by atoms with van der Waals surface area (Å²) in [6, 6.07) is 9.13. The number of aromatic nitrogens is 1. The third-order valence-corrected chi connectivity index (χ3v) is 4.19. The Morgan fingerprint density at radius 3 is 2.88 bits per heavy atom. The van der Waals surface area contributed by atoms with Crippen molar-refractivity contribution in [2.24, 2.45) is 13.0 Å². The second-order valence-corrected chi connectivity index (χ2v) is 5.87. The molecule has 0 aliphatic carbocycles. The topological polar surface area (TPSA) is 69.6 Å². The Hall–Kier alpha value is -2.76. The Labute approximate surface area is 140 Å². The van der Waals surface area contributed by atoms with Crippen molar-refractivity contribution in [1.82, 2.24) is 9.88 Å². The highest BCUT2D eigenvalue weighted by atomic mass is 16.5. The van der Waals surface area contributed by atoms with Gasteiger partial charge in [-0.3, -0.25) is 9.59 Å². The summed E-state index contributed by atoms with van der Waals surface area (Å²) < 4.78 is 12.7. The maximum absolute atomic E-state index is 12.1. The number of rotatable bonds is 5. The van der Waals surface area contributed by atoms with E-state index < -0.39 is 11.7 Å². The van der Waals surface area contributed by atoms with E-state index in [2.05, 4.69) is 5.32 Å². The highest BCUT2D eigenvalue weighted by Gasteiger charge is 2.25. The summed E-state index contributed by atoms with van der Waals surface area (Å²) in [4.78, 5) is 24.1. The molecule has 1 aliphatic rings. The summed E-state index contributed by atoms with van der Waals surface area (Å²) in [7, 11) is 3.35. The molecule has 6 nitrogen and oxygen atoms in total. The summed E-state index contributed by atoms with van der Waals surface area (Å²) in [5.41, 5.74) is 1.43. The second-order valence-electron chi connectivity index (χ2n) is 5.87. The lowest BCUT2D eigenvalue weighted by Gasteiger charge is -2.26. The van der Waals surface area contributed by atoms with E-state index in [-0.39, 0.29) is 5.92 Å². The van der Waals surface area contributed by atoms with E-state index in [0.717, 1.165) is 17.7 Å². The van der Waals surface area contributed by atoms with Crippen molar-refractivity contribution in [3.8, 4) is 11.5 Å². The van der Waals surface area contributed by atoms with Crippen molar-refractivity contribution in [2.45, 2.75) is 6.42 Å². The predicted molar refractivity (Wildman–Crippen MR) is 88.4 cm³/mol. The van der Waals surface area contributed by atoms with Gasteiger partial charge in [-0.2, -0.15) is 0 Å². The van der Waals surface area contributed by atoms with Crippen LogP contribution in [-0.4, -0.2) is 36.5 Å². The number of fused-ring (bicyclic) bond motifs is 1. The van der Waals surface area contributed by atoms with Gasteiger partial charge in [0.15, 0.2) is 11.5 Å². The molecular formula is C18H20N2O4. The lowest BCUT2D eigenvalue weighted by Crippen LogP contribution is -2.38. The minimum absolute atomic E-state index is 0.120. The number of para-hydroxylation sites is 1. The summed E-state index contributed by atoms with van der Waals surface area (Å²) in [6.07, 6.45) is 2.50. The normalized spacial score (nSPS) is 16.0. The number of benzene rings is 1. The van der Waals surface area contributed by atoms with Crippen LogP contribution in [0.1, 0.15) is 16.1 Å². The Bertz CT molecular complexity index is 766. The van der Waals surface area contributed by atoms with E-state index in [0.29, 0.717) is 24.6 Å². The number of nitrogens with one attached hydrogen (secondary N) is 1. The highest BCUT2D eigenvalue weighted by Crippen LogP contribution is 2.35. The van der Waals surface area contributed by atoms with Crippen LogP contribution in [0.5, 0.6) is 11.5 Å². The van der Waals surface area contributed by atoms with E-state index in [4.69, 9.17) is 9.47 Å². The first-order chi connectivity index (χ1) is 11.6. The van der Waals surface area contributed by atoms with Gasteiger partial charge in [0.25, 0.3) is 11.7 Å². The van der Waals surface area contributed by atoms with Gasteiger partial charge in [-0.05, 0) is 30.2 Å². The SMILES string of the molecule is COc1cccc2c1OCC(CNC(=O)C(=O)c1cccn1C)C2. The van der Waals surface area contributed by atoms with Crippen molar-refractivity contribution in [1.29, 1.82) is 0 Å². The highest BCUT2D eigenvalue weighted by molar-refractivity contribution is 6.42. The van der Waals surface area contributed by atoms with Gasteiger partial charge >= 0.3 is 0 Å². The molecule has 0 saturated heterocycles. The molecule has 0 radical (unpaired) electrons. The van der Waals surface area contributed by atoms with Crippen molar-refractivity contribution in [3.63, 3.8) is 0 Å². The molecule has 24 heavy (non-hydrogen) atoms. The lowest BCUT2D eigenvalue weighted by molar-refractivity contribution is -0.117. The fourth-order valence-corrected chi connectivity index (χ4v) is 2.88. The van der Waals surface area contributed by atoms with Gasteiger partial charge in [0.1, 0.15) is 0 Å². The van der Waals surface area contributed by atoms with Crippen molar-refractivity contribution < 1.29 is 19.1 Å². The minimum Gasteiger partial charge on any atom is -0.493 e. The first-order valence-corrected chi connectivity index (χ1v) is 7.82. The Morgan fingerprint density at radius 2 is 2.17 bits per heavy atom. The molecule has 1 aromatic carbocycles. The van der Waals surface area contributed by atoms with Gasteiger partial charge in [-0.15, -0.1) is 0 Å². The molecule has 126 valence electrons. The van der Waals surface area contributed by atoms with Gasteiger partial charge in [0, 0.05) is 25.7 Å². The lowest BCUT2D eigenvalue weighted by atomic mass is 9.96. The molecule has 2 heterocycles. The van der Waals surface area contributed by atoms with Crippen LogP contribution in [0.2, 0.25) is 0 Å². The van der Waals surface area contributed by atoms with E-state index in [1.165, 1.54) is 0 Å². The number of ether oxygens (including phenoxy) is 2. The maximum atomic E-state index is 12.1. The van der Waals surface area contributed by atoms with Crippen LogP contribution in [0.25, 0.3) is 0 Å². The minimum atomic E-state index is -0.590. The number of hydrogen-bond donors (Lipinski definition) is 1. The number of aryl methyl sites for hydroxylation is 1. The average Bonchev–Trinajstić information content (AvgIpc) is 3.04. The zero-order valence-corrected chi connectivity index (χ0v) is 13.7. The Morgan fingerprint density at radius 1 is 1.33 bits per heavy atom. The van der Waals surface area contributed by atoms with E-state index in [9.17, 15) is 9.59 Å². The van der Waals surface area contributed by atoms with Crippen molar-refractivity contribution in [2.75, 3.05) is 20.3 Å². The number of Topliss-reactive ketones (excluding diaryl/α,β-unsaturated/α-hetero) is 1. The molecule has 0 fully saturated rings. The first kappa shape index (κ1) is 16.1. The number of nitrogens with zero attached hydrogens (tertiary/aromatic N) is 1. The van der Waals surface area contributed by atoms with E-state index in [1.54, 1.807) is 37.1 Å². The largest absolute Gasteiger partial charge is 0.493 e. The summed E-state index contributed by atoms with van der Waals surface area (Å²) in [6.45, 7) is 0.873. The molecule has 1 unspecified atom stereocenters. The van der Waals surface area contributed by atoms with Gasteiger partial charge < -0.3 is 19.4 Å². The van der Waals surface area contributed by atoms with E-state index >= 15 is 0 Å². The van der Waals surface area contributed by atoms with Crippen molar-refractivity contribution >= 4 is 11.7 Å². The van der Waals surface area contributed by atoms with Crippen LogP contribution in [0.15, 0.2) is 36.5 Å². The molecule has 0 spiro atoms. The maximum Gasteiger partial charge on any atom is 0.294 e. The quantitative estimate of drug-likeness (QED) is 0.668. The van der Waals surface area contributed by atoms with Crippen LogP contribution in [0.4, 0.5) is 0 Å². The molecule has 1 atom stereocenters. The zero-order valence-electron chi connectivity index (χ0n) is 13.7. The molecule has 0 saturated carbocycles. The monoisotopic (exact) mass is 328 g/mol. The predicted octanol–water partition coefficient (Wildman–Crippen LogP) is 1.58. The summed E-state index contributed by atoms with van der Waals surface area (Å²) in [5.74, 6) is 0.487. The summed E-state index contributed by atoms with van der Waals surface area (Å²) in [5, 5.41) is 2.71. The Balaban J connectivity index is 1.59. The number of amides is 1. The standard InChI is InChI=1S/C18H20N2O4/c1-20-8-4-6-14(20)16(21)18(22)19-10-12-9-13-5-3-7-15(23-2)17(13)24-11-12/h3-8,12H,9-11H2,1-2H3,(H,19,22). The van der Waals surface area contributed by atoms with Crippen molar-refractivity contribution in [3.05, 3.63) is 47.8 Å². The molecule has 3 rings (SSSR count). The molecule has 1 aromatic heterocycles. The fourth-order valence-electron chi connectivity index (χ4n) is 2.88. The van der Waals surface area contributed by atoms with Gasteiger partial charge in [-0.25, -0.2) is 0 Å². The van der Waals surface area contributed by atoms with Crippen LogP contribution in [-0.2, 0) is 18.3 Å². The average molecular weight is 328 g/mol. The first-order valence-electron chi connectivity index (χ1n) is 7.82. The molecule has 1 amide bonds. The number of ketones is 1. The number of methoxy groups -OCH3 is 1. The molecule has 6 heteroatoms. The summed E-state index contributed by atoms with van der Waals surface area (Å²) >= 11 is 0. The number of carbonyl (C=O) groups is 2. The van der Waals surface area contributed by atoms with Gasteiger partial charge in [0.2, 0.25) is 0 Å². The fraction of sp³-hybridized carbons (Fsp3) is 0.333. The number of carbonyl (C=O) groups excluding carboxylic acids is 2. The zero-order chi connectivity index (χ0) is 17.1.